The van der Waals surface area contributed by atoms with Gasteiger partial charge in [0.05, 0.1) is 5.56 Å². The molecule has 98 valence electrons. The molecule has 2 aromatic carbocycles. The number of anilines is 1. The van der Waals surface area contributed by atoms with Crippen LogP contribution in [0, 0.1) is 12.7 Å². The largest absolute Gasteiger partial charge is 0.322 e. The number of carbonyl (C=O) groups excluding carboxylic acids is 1. The number of carbonyl (C=O) groups is 1. The van der Waals surface area contributed by atoms with Gasteiger partial charge in [0.25, 0.3) is 5.91 Å². The lowest BCUT2D eigenvalue weighted by atomic mass is 10.2. The van der Waals surface area contributed by atoms with Crippen molar-refractivity contribution >= 4 is 39.1 Å². The van der Waals surface area contributed by atoms with Crippen LogP contribution in [0.2, 0.25) is 5.02 Å². The summed E-state index contributed by atoms with van der Waals surface area (Å²) in [6.45, 7) is 1.76. The van der Waals surface area contributed by atoms with E-state index in [1.54, 1.807) is 31.2 Å². The average molecular weight is 343 g/mol. The Labute approximate surface area is 123 Å². The van der Waals surface area contributed by atoms with E-state index >= 15 is 0 Å². The smallest absolute Gasteiger partial charge is 0.256 e. The van der Waals surface area contributed by atoms with Crippen LogP contribution < -0.4 is 5.32 Å². The first-order valence-corrected chi connectivity index (χ1v) is 6.66. The van der Waals surface area contributed by atoms with Crippen LogP contribution in [0.15, 0.2) is 40.9 Å². The minimum Gasteiger partial charge on any atom is -0.322 e. The van der Waals surface area contributed by atoms with Crippen LogP contribution in [-0.2, 0) is 0 Å². The molecule has 0 atom stereocenters. The van der Waals surface area contributed by atoms with Crippen molar-refractivity contribution < 1.29 is 9.18 Å². The zero-order chi connectivity index (χ0) is 14.0. The Morgan fingerprint density at radius 1 is 1.26 bits per heavy atom. The predicted molar refractivity (Wildman–Crippen MR) is 78.2 cm³/mol. The fourth-order valence-corrected chi connectivity index (χ4v) is 2.54. The Morgan fingerprint density at radius 2 is 2.00 bits per heavy atom. The highest BCUT2D eigenvalue weighted by molar-refractivity contribution is 9.10. The molecule has 2 rings (SSSR count). The second-order valence-corrected chi connectivity index (χ2v) is 5.39. The molecule has 0 saturated carbocycles. The highest BCUT2D eigenvalue weighted by Gasteiger charge is 2.11. The Kier molecular flexibility index (Phi) is 4.22. The van der Waals surface area contributed by atoms with Crippen LogP contribution >= 0.6 is 27.5 Å². The summed E-state index contributed by atoms with van der Waals surface area (Å²) >= 11 is 9.08. The first-order chi connectivity index (χ1) is 8.95. The highest BCUT2D eigenvalue weighted by atomic mass is 79.9. The van der Waals surface area contributed by atoms with E-state index in [2.05, 4.69) is 21.2 Å². The number of amides is 1. The van der Waals surface area contributed by atoms with Gasteiger partial charge in [0.15, 0.2) is 0 Å². The zero-order valence-electron chi connectivity index (χ0n) is 10.0. The first kappa shape index (κ1) is 14.0. The fourth-order valence-electron chi connectivity index (χ4n) is 1.68. The monoisotopic (exact) mass is 341 g/mol. The van der Waals surface area contributed by atoms with E-state index in [0.29, 0.717) is 20.7 Å². The van der Waals surface area contributed by atoms with Gasteiger partial charge in [-0.3, -0.25) is 4.79 Å². The van der Waals surface area contributed by atoms with Gasteiger partial charge in [0.2, 0.25) is 0 Å². The molecule has 0 aromatic heterocycles. The Morgan fingerprint density at radius 3 is 2.63 bits per heavy atom. The van der Waals surface area contributed by atoms with Crippen LogP contribution in [-0.4, -0.2) is 5.91 Å². The molecule has 5 heteroatoms. The second-order valence-electron chi connectivity index (χ2n) is 4.10. The molecule has 0 spiro atoms. The number of benzene rings is 2. The lowest BCUT2D eigenvalue weighted by Gasteiger charge is -2.08. The van der Waals surface area contributed by atoms with Crippen LogP contribution in [0.25, 0.3) is 0 Å². The molecule has 19 heavy (non-hydrogen) atoms. The summed E-state index contributed by atoms with van der Waals surface area (Å²) in [7, 11) is 0. The summed E-state index contributed by atoms with van der Waals surface area (Å²) in [6.07, 6.45) is 0. The maximum atomic E-state index is 13.2. The molecule has 0 fully saturated rings. The van der Waals surface area contributed by atoms with Gasteiger partial charge in [-0.05, 0) is 64.8 Å². The summed E-state index contributed by atoms with van der Waals surface area (Å²) in [6, 6.07) is 9.23. The van der Waals surface area contributed by atoms with Gasteiger partial charge in [-0.25, -0.2) is 4.39 Å². The quantitative estimate of drug-likeness (QED) is 0.834. The standard InChI is InChI=1S/C14H10BrClFNO/c1-8-4-10(17)7-11(5-8)18-14(19)12-3-2-9(16)6-13(12)15/h2-7H,1H3,(H,18,19). The topological polar surface area (TPSA) is 29.1 Å². The normalized spacial score (nSPS) is 10.3. The van der Waals surface area contributed by atoms with E-state index in [0.717, 1.165) is 5.56 Å². The van der Waals surface area contributed by atoms with E-state index in [1.807, 2.05) is 0 Å². The van der Waals surface area contributed by atoms with Crippen molar-refractivity contribution in [2.45, 2.75) is 6.92 Å². The molecule has 1 amide bonds. The van der Waals surface area contributed by atoms with Gasteiger partial charge in [-0.15, -0.1) is 0 Å². The number of hydrogen-bond donors (Lipinski definition) is 1. The number of aryl methyl sites for hydroxylation is 1. The van der Waals surface area contributed by atoms with E-state index in [9.17, 15) is 9.18 Å². The maximum Gasteiger partial charge on any atom is 0.256 e. The number of nitrogens with one attached hydrogen (secondary N) is 1. The molecule has 0 aliphatic rings. The van der Waals surface area contributed by atoms with Crippen molar-refractivity contribution in [3.05, 3.63) is 62.8 Å². The molecule has 0 radical (unpaired) electrons. The van der Waals surface area contributed by atoms with Crippen molar-refractivity contribution in [3.8, 4) is 0 Å². The lowest BCUT2D eigenvalue weighted by molar-refractivity contribution is 0.102. The van der Waals surface area contributed by atoms with Gasteiger partial charge in [0, 0.05) is 15.2 Å². The first-order valence-electron chi connectivity index (χ1n) is 5.49. The third-order valence-corrected chi connectivity index (χ3v) is 3.37. The van der Waals surface area contributed by atoms with Gasteiger partial charge >= 0.3 is 0 Å². The minimum absolute atomic E-state index is 0.325. The molecule has 0 unspecified atom stereocenters. The van der Waals surface area contributed by atoms with Crippen LogP contribution in [0.4, 0.5) is 10.1 Å². The fraction of sp³-hybridized carbons (Fsp3) is 0.0714. The molecule has 0 saturated heterocycles. The van der Waals surface area contributed by atoms with E-state index < -0.39 is 0 Å². The molecule has 0 aliphatic heterocycles. The van der Waals surface area contributed by atoms with Gasteiger partial charge in [-0.2, -0.15) is 0 Å². The SMILES string of the molecule is Cc1cc(F)cc(NC(=O)c2ccc(Cl)cc2Br)c1. The number of rotatable bonds is 2. The summed E-state index contributed by atoms with van der Waals surface area (Å²) < 4.78 is 13.8. The van der Waals surface area contributed by atoms with Crippen molar-refractivity contribution in [3.63, 3.8) is 0 Å². The van der Waals surface area contributed by atoms with Gasteiger partial charge in [-0.1, -0.05) is 11.6 Å². The molecular weight excluding hydrogens is 333 g/mol. The van der Waals surface area contributed by atoms with Crippen LogP contribution in [0.5, 0.6) is 0 Å². The summed E-state index contributed by atoms with van der Waals surface area (Å²) in [5, 5.41) is 3.18. The molecule has 0 bridgehead atoms. The minimum atomic E-state index is -0.384. The Bertz CT molecular complexity index is 625. The summed E-state index contributed by atoms with van der Waals surface area (Å²) in [5.41, 5.74) is 1.60. The number of halogens is 3. The molecule has 1 N–H and O–H groups in total. The zero-order valence-corrected chi connectivity index (χ0v) is 12.3. The maximum absolute atomic E-state index is 13.2. The molecule has 0 aliphatic carbocycles. The van der Waals surface area contributed by atoms with E-state index in [4.69, 9.17) is 11.6 Å². The van der Waals surface area contributed by atoms with E-state index in [-0.39, 0.29) is 11.7 Å². The van der Waals surface area contributed by atoms with Gasteiger partial charge < -0.3 is 5.32 Å². The number of hydrogen-bond acceptors (Lipinski definition) is 1. The second kappa shape index (κ2) is 5.72. The molecule has 2 nitrogen and oxygen atoms in total. The Balaban J connectivity index is 2.25. The van der Waals surface area contributed by atoms with Crippen molar-refractivity contribution in [1.82, 2.24) is 0 Å². The van der Waals surface area contributed by atoms with Crippen molar-refractivity contribution in [2.24, 2.45) is 0 Å². The van der Waals surface area contributed by atoms with E-state index in [1.165, 1.54) is 12.1 Å². The molecular formula is C14H10BrClFNO. The summed E-state index contributed by atoms with van der Waals surface area (Å²) in [5.74, 6) is -0.709. The average Bonchev–Trinajstić information content (AvgIpc) is 2.26. The highest BCUT2D eigenvalue weighted by Crippen LogP contribution is 2.23. The van der Waals surface area contributed by atoms with Crippen LogP contribution in [0.1, 0.15) is 15.9 Å². The Hall–Kier alpha value is -1.39. The predicted octanol–water partition coefficient (Wildman–Crippen LogP) is 4.80. The molecule has 2 aromatic rings. The van der Waals surface area contributed by atoms with Crippen molar-refractivity contribution in [1.29, 1.82) is 0 Å². The third-order valence-electron chi connectivity index (χ3n) is 2.48. The molecule has 0 heterocycles. The van der Waals surface area contributed by atoms with Gasteiger partial charge in [0.1, 0.15) is 5.82 Å². The van der Waals surface area contributed by atoms with Crippen LogP contribution in [0.3, 0.4) is 0 Å². The summed E-state index contributed by atoms with van der Waals surface area (Å²) in [4.78, 5) is 12.1. The lowest BCUT2D eigenvalue weighted by Crippen LogP contribution is -2.12. The van der Waals surface area contributed by atoms with Crippen molar-refractivity contribution in [2.75, 3.05) is 5.32 Å². The third kappa shape index (κ3) is 3.55.